The van der Waals surface area contributed by atoms with Crippen LogP contribution in [0.15, 0.2) is 54.6 Å². The molecule has 158 valence electrons. The number of amides is 1. The van der Waals surface area contributed by atoms with Gasteiger partial charge in [-0.05, 0) is 38.1 Å². The lowest BCUT2D eigenvalue weighted by Crippen LogP contribution is -2.52. The highest BCUT2D eigenvalue weighted by Crippen LogP contribution is 2.22. The molecule has 30 heavy (non-hydrogen) atoms. The number of carbonyl (C=O) groups is 1. The fraction of sp³-hybridized carbons (Fsp3) is 0.417. The molecule has 1 aromatic heterocycles. The van der Waals surface area contributed by atoms with E-state index >= 15 is 0 Å². The third-order valence-electron chi connectivity index (χ3n) is 5.95. The van der Waals surface area contributed by atoms with Crippen molar-refractivity contribution in [1.82, 2.24) is 19.8 Å². The molecule has 2 aromatic carbocycles. The summed E-state index contributed by atoms with van der Waals surface area (Å²) in [4.78, 5) is 19.9. The molecule has 0 radical (unpaired) electrons. The Labute approximate surface area is 177 Å². The predicted molar refractivity (Wildman–Crippen MR) is 119 cm³/mol. The van der Waals surface area contributed by atoms with E-state index in [4.69, 9.17) is 9.72 Å². The Hall–Kier alpha value is -2.70. The highest BCUT2D eigenvalue weighted by atomic mass is 16.5. The molecule has 2 unspecified atom stereocenters. The number of carbonyl (C=O) groups excluding carboxylic acids is 1. The summed E-state index contributed by atoms with van der Waals surface area (Å²) < 4.78 is 7.59. The lowest BCUT2D eigenvalue weighted by molar-refractivity contribution is -0.122. The molecule has 6 nitrogen and oxygen atoms in total. The van der Waals surface area contributed by atoms with E-state index in [1.807, 2.05) is 36.4 Å². The van der Waals surface area contributed by atoms with Crippen LogP contribution in [0.4, 0.5) is 0 Å². The van der Waals surface area contributed by atoms with E-state index in [2.05, 4.69) is 46.8 Å². The second-order valence-electron chi connectivity index (χ2n) is 7.93. The highest BCUT2D eigenvalue weighted by molar-refractivity contribution is 5.79. The van der Waals surface area contributed by atoms with Gasteiger partial charge in [-0.15, -0.1) is 0 Å². The van der Waals surface area contributed by atoms with Crippen molar-refractivity contribution in [2.75, 3.05) is 26.3 Å². The van der Waals surface area contributed by atoms with E-state index in [0.717, 1.165) is 48.8 Å². The quantitative estimate of drug-likeness (QED) is 0.655. The first-order valence-corrected chi connectivity index (χ1v) is 10.8. The van der Waals surface area contributed by atoms with Gasteiger partial charge in [0.05, 0.1) is 24.2 Å². The first-order chi connectivity index (χ1) is 14.6. The first-order valence-electron chi connectivity index (χ1n) is 10.8. The summed E-state index contributed by atoms with van der Waals surface area (Å²) in [7, 11) is 0. The van der Waals surface area contributed by atoms with E-state index in [0.29, 0.717) is 12.8 Å². The third-order valence-corrected chi connectivity index (χ3v) is 5.95. The molecule has 1 N–H and O–H groups in total. The zero-order valence-electron chi connectivity index (χ0n) is 17.8. The number of hydrogen-bond acceptors (Lipinski definition) is 4. The summed E-state index contributed by atoms with van der Waals surface area (Å²) in [5.41, 5.74) is 3.08. The molecular weight excluding hydrogens is 376 g/mol. The first kappa shape index (κ1) is 20.6. The lowest BCUT2D eigenvalue weighted by Gasteiger charge is -2.35. The maximum absolute atomic E-state index is 12.7. The van der Waals surface area contributed by atoms with Gasteiger partial charge in [-0.3, -0.25) is 14.3 Å². The zero-order valence-corrected chi connectivity index (χ0v) is 17.8. The Morgan fingerprint density at radius 1 is 1.07 bits per heavy atom. The molecular formula is C24H30N4O2. The van der Waals surface area contributed by atoms with Gasteiger partial charge in [-0.1, -0.05) is 30.3 Å². The van der Waals surface area contributed by atoms with Crippen molar-refractivity contribution in [2.24, 2.45) is 0 Å². The van der Waals surface area contributed by atoms with Crippen molar-refractivity contribution in [2.45, 2.75) is 38.8 Å². The van der Waals surface area contributed by atoms with Crippen LogP contribution in [0.5, 0.6) is 0 Å². The molecule has 0 aliphatic carbocycles. The highest BCUT2D eigenvalue weighted by Gasteiger charge is 2.23. The van der Waals surface area contributed by atoms with Crippen molar-refractivity contribution in [1.29, 1.82) is 0 Å². The Bertz CT molecular complexity index is 979. The van der Waals surface area contributed by atoms with Crippen LogP contribution >= 0.6 is 0 Å². The van der Waals surface area contributed by atoms with Gasteiger partial charge in [0.2, 0.25) is 5.91 Å². The smallest absolute Gasteiger partial charge is 0.220 e. The van der Waals surface area contributed by atoms with Gasteiger partial charge in [-0.2, -0.15) is 0 Å². The second-order valence-corrected chi connectivity index (χ2v) is 7.93. The molecule has 1 saturated heterocycles. The summed E-state index contributed by atoms with van der Waals surface area (Å²) in [6.45, 7) is 7.62. The lowest BCUT2D eigenvalue weighted by atomic mass is 10.1. The normalized spacial score (nSPS) is 17.0. The van der Waals surface area contributed by atoms with Gasteiger partial charge in [0.1, 0.15) is 5.82 Å². The fourth-order valence-electron chi connectivity index (χ4n) is 4.08. The van der Waals surface area contributed by atoms with Gasteiger partial charge in [0, 0.05) is 43.7 Å². The second kappa shape index (κ2) is 9.41. The monoisotopic (exact) mass is 406 g/mol. The zero-order chi connectivity index (χ0) is 20.9. The van der Waals surface area contributed by atoms with E-state index in [9.17, 15) is 4.79 Å². The Balaban J connectivity index is 1.44. The van der Waals surface area contributed by atoms with Crippen LogP contribution in [0.25, 0.3) is 16.7 Å². The third kappa shape index (κ3) is 4.55. The molecule has 1 aliphatic rings. The van der Waals surface area contributed by atoms with E-state index in [1.54, 1.807) is 0 Å². The fourth-order valence-corrected chi connectivity index (χ4v) is 4.08. The maximum Gasteiger partial charge on any atom is 0.220 e. The Morgan fingerprint density at radius 3 is 2.53 bits per heavy atom. The molecule has 4 rings (SSSR count). The van der Waals surface area contributed by atoms with Crippen molar-refractivity contribution in [3.05, 3.63) is 60.4 Å². The number of hydrogen-bond donors (Lipinski definition) is 1. The number of aromatic nitrogens is 2. The van der Waals surface area contributed by atoms with Crippen LogP contribution in [0.2, 0.25) is 0 Å². The summed E-state index contributed by atoms with van der Waals surface area (Å²) in [6.07, 6.45) is 1.00. The van der Waals surface area contributed by atoms with Gasteiger partial charge in [0.15, 0.2) is 0 Å². The number of nitrogens with one attached hydrogen (secondary N) is 1. The topological polar surface area (TPSA) is 59.4 Å². The molecule has 2 heterocycles. The minimum absolute atomic E-state index is 0.0641. The molecule has 1 aliphatic heterocycles. The molecule has 0 bridgehead atoms. The number of ether oxygens (including phenoxy) is 1. The number of rotatable bonds is 7. The molecule has 2 atom stereocenters. The summed E-state index contributed by atoms with van der Waals surface area (Å²) >= 11 is 0. The summed E-state index contributed by atoms with van der Waals surface area (Å²) in [6, 6.07) is 18.7. The van der Waals surface area contributed by atoms with Crippen molar-refractivity contribution in [3.8, 4) is 5.69 Å². The van der Waals surface area contributed by atoms with Crippen molar-refractivity contribution in [3.63, 3.8) is 0 Å². The van der Waals surface area contributed by atoms with Crippen LogP contribution in [-0.2, 0) is 16.0 Å². The minimum atomic E-state index is 0.0641. The minimum Gasteiger partial charge on any atom is -0.379 e. The summed E-state index contributed by atoms with van der Waals surface area (Å²) in [5, 5.41) is 3.18. The number of benzene rings is 2. The number of imidazole rings is 1. The van der Waals surface area contributed by atoms with Gasteiger partial charge in [0.25, 0.3) is 0 Å². The van der Waals surface area contributed by atoms with Crippen LogP contribution in [0.3, 0.4) is 0 Å². The van der Waals surface area contributed by atoms with Crippen LogP contribution < -0.4 is 5.32 Å². The van der Waals surface area contributed by atoms with E-state index < -0.39 is 0 Å². The average Bonchev–Trinajstić information content (AvgIpc) is 3.16. The van der Waals surface area contributed by atoms with Crippen LogP contribution in [-0.4, -0.2) is 58.7 Å². The van der Waals surface area contributed by atoms with Crippen molar-refractivity contribution >= 4 is 16.9 Å². The van der Waals surface area contributed by atoms with Crippen molar-refractivity contribution < 1.29 is 9.53 Å². The van der Waals surface area contributed by atoms with Crippen LogP contribution in [0, 0.1) is 0 Å². The molecule has 1 fully saturated rings. The maximum atomic E-state index is 12.7. The molecule has 0 spiro atoms. The van der Waals surface area contributed by atoms with E-state index in [-0.39, 0.29) is 18.0 Å². The number of aryl methyl sites for hydroxylation is 1. The Kier molecular flexibility index (Phi) is 6.45. The van der Waals surface area contributed by atoms with Gasteiger partial charge >= 0.3 is 0 Å². The summed E-state index contributed by atoms with van der Waals surface area (Å²) in [5.74, 6) is 0.973. The number of para-hydroxylation sites is 3. The number of morpholine rings is 1. The molecule has 1 amide bonds. The van der Waals surface area contributed by atoms with Crippen LogP contribution in [0.1, 0.15) is 26.1 Å². The largest absolute Gasteiger partial charge is 0.379 e. The number of fused-ring (bicyclic) bond motifs is 1. The predicted octanol–water partition coefficient (Wildman–Crippen LogP) is 3.18. The molecule has 6 heteroatoms. The average molecular weight is 407 g/mol. The standard InChI is InChI=1S/C24H30N4O2/c1-18(19(2)27-14-16-30-17-15-27)25-24(29)13-12-23-26-21-10-6-7-11-22(21)28(23)20-8-4-3-5-9-20/h3-11,18-19H,12-17H2,1-2H3,(H,25,29). The molecule has 3 aromatic rings. The Morgan fingerprint density at radius 2 is 1.77 bits per heavy atom. The SMILES string of the molecule is CC(NC(=O)CCc1nc2ccccc2n1-c1ccccc1)C(C)N1CCOCC1. The van der Waals surface area contributed by atoms with Gasteiger partial charge < -0.3 is 10.1 Å². The molecule has 0 saturated carbocycles. The number of nitrogens with zero attached hydrogens (tertiary/aromatic N) is 3. The van der Waals surface area contributed by atoms with Gasteiger partial charge in [-0.25, -0.2) is 4.98 Å². The van der Waals surface area contributed by atoms with E-state index in [1.165, 1.54) is 0 Å².